The summed E-state index contributed by atoms with van der Waals surface area (Å²) in [6.07, 6.45) is 0. The van der Waals surface area contributed by atoms with E-state index >= 15 is 0 Å². The van der Waals surface area contributed by atoms with Crippen LogP contribution in [0.15, 0.2) is 42.5 Å². The van der Waals surface area contributed by atoms with Crippen LogP contribution in [0.5, 0.6) is 11.5 Å². The molecular weight excluding hydrogens is 269 g/mol. The van der Waals surface area contributed by atoms with Crippen LogP contribution in [-0.4, -0.2) is 0 Å². The smallest absolute Gasteiger partial charge is 0.147 e. The number of ether oxygens (including phenoxy) is 1. The Morgan fingerprint density at radius 1 is 1.06 bits per heavy atom. The Hall–Kier alpha value is -1.22. The molecule has 0 aliphatic heterocycles. The van der Waals surface area contributed by atoms with Crippen molar-refractivity contribution in [2.24, 2.45) is 5.73 Å². The van der Waals surface area contributed by atoms with Gasteiger partial charge in [0.05, 0.1) is 5.02 Å². The first-order valence-corrected chi connectivity index (χ1v) is 6.31. The summed E-state index contributed by atoms with van der Waals surface area (Å²) in [4.78, 5) is 0. The van der Waals surface area contributed by atoms with E-state index in [0.717, 1.165) is 5.56 Å². The Morgan fingerprint density at radius 2 is 1.72 bits per heavy atom. The molecule has 1 atom stereocenters. The van der Waals surface area contributed by atoms with Gasteiger partial charge in [-0.2, -0.15) is 0 Å². The fraction of sp³-hybridized carbons (Fsp3) is 0.143. The van der Waals surface area contributed by atoms with Gasteiger partial charge < -0.3 is 10.5 Å². The predicted octanol–water partition coefficient (Wildman–Crippen LogP) is 4.81. The van der Waals surface area contributed by atoms with Crippen molar-refractivity contribution < 1.29 is 4.74 Å². The van der Waals surface area contributed by atoms with E-state index in [9.17, 15) is 0 Å². The third kappa shape index (κ3) is 2.96. The molecule has 0 heterocycles. The van der Waals surface area contributed by atoms with Gasteiger partial charge in [0.15, 0.2) is 0 Å². The molecule has 2 aromatic carbocycles. The zero-order valence-electron chi connectivity index (χ0n) is 9.86. The molecule has 0 amide bonds. The second-order valence-electron chi connectivity index (χ2n) is 4.01. The lowest BCUT2D eigenvalue weighted by Gasteiger charge is -2.10. The van der Waals surface area contributed by atoms with E-state index in [4.69, 9.17) is 33.7 Å². The number of benzene rings is 2. The molecule has 0 aromatic heterocycles. The lowest BCUT2D eigenvalue weighted by Crippen LogP contribution is -2.04. The van der Waals surface area contributed by atoms with Crippen molar-refractivity contribution in [2.75, 3.05) is 0 Å². The summed E-state index contributed by atoms with van der Waals surface area (Å²) in [7, 11) is 0. The first kappa shape index (κ1) is 13.2. The Balaban J connectivity index is 2.21. The van der Waals surface area contributed by atoms with Crippen LogP contribution in [0.25, 0.3) is 0 Å². The van der Waals surface area contributed by atoms with Crippen molar-refractivity contribution in [1.82, 2.24) is 0 Å². The molecule has 0 unspecified atom stereocenters. The Labute approximate surface area is 116 Å². The average molecular weight is 282 g/mol. The minimum Gasteiger partial charge on any atom is -0.456 e. The van der Waals surface area contributed by atoms with E-state index in [1.54, 1.807) is 18.2 Å². The topological polar surface area (TPSA) is 35.2 Å². The maximum absolute atomic E-state index is 6.05. The van der Waals surface area contributed by atoms with Gasteiger partial charge in [-0.05, 0) is 36.8 Å². The zero-order valence-corrected chi connectivity index (χ0v) is 11.4. The van der Waals surface area contributed by atoms with Crippen LogP contribution >= 0.6 is 23.2 Å². The number of hydrogen-bond acceptors (Lipinski definition) is 2. The highest BCUT2D eigenvalue weighted by Gasteiger charge is 2.07. The molecule has 2 nitrogen and oxygen atoms in total. The van der Waals surface area contributed by atoms with Gasteiger partial charge in [0.1, 0.15) is 16.5 Å². The van der Waals surface area contributed by atoms with Crippen LogP contribution < -0.4 is 10.5 Å². The van der Waals surface area contributed by atoms with Crippen molar-refractivity contribution in [3.63, 3.8) is 0 Å². The molecule has 0 aliphatic rings. The third-order valence-electron chi connectivity index (χ3n) is 2.55. The second-order valence-corrected chi connectivity index (χ2v) is 4.80. The maximum Gasteiger partial charge on any atom is 0.147 e. The zero-order chi connectivity index (χ0) is 13.1. The van der Waals surface area contributed by atoms with Gasteiger partial charge in [-0.25, -0.2) is 0 Å². The molecule has 0 spiro atoms. The maximum atomic E-state index is 6.05. The molecule has 0 saturated heterocycles. The van der Waals surface area contributed by atoms with Crippen molar-refractivity contribution in [1.29, 1.82) is 0 Å². The van der Waals surface area contributed by atoms with Crippen LogP contribution in [-0.2, 0) is 0 Å². The van der Waals surface area contributed by atoms with E-state index in [0.29, 0.717) is 21.5 Å². The Morgan fingerprint density at radius 3 is 2.33 bits per heavy atom. The summed E-state index contributed by atoms with van der Waals surface area (Å²) < 4.78 is 5.67. The van der Waals surface area contributed by atoms with E-state index < -0.39 is 0 Å². The van der Waals surface area contributed by atoms with Crippen molar-refractivity contribution in [3.8, 4) is 11.5 Å². The summed E-state index contributed by atoms with van der Waals surface area (Å²) >= 11 is 12.0. The van der Waals surface area contributed by atoms with Gasteiger partial charge in [-0.1, -0.05) is 41.4 Å². The largest absolute Gasteiger partial charge is 0.456 e. The van der Waals surface area contributed by atoms with E-state index in [1.807, 2.05) is 31.2 Å². The number of halogens is 2. The van der Waals surface area contributed by atoms with E-state index in [1.165, 1.54) is 0 Å². The number of hydrogen-bond donors (Lipinski definition) is 1. The highest BCUT2D eigenvalue weighted by molar-refractivity contribution is 6.42. The first-order valence-electron chi connectivity index (χ1n) is 5.55. The van der Waals surface area contributed by atoms with Crippen molar-refractivity contribution in [2.45, 2.75) is 13.0 Å². The molecule has 2 rings (SSSR count). The molecule has 0 radical (unpaired) electrons. The molecule has 18 heavy (non-hydrogen) atoms. The van der Waals surface area contributed by atoms with Gasteiger partial charge in [-0.15, -0.1) is 0 Å². The second kappa shape index (κ2) is 5.61. The molecular formula is C14H13Cl2NO. The fourth-order valence-corrected chi connectivity index (χ4v) is 1.86. The van der Waals surface area contributed by atoms with Crippen LogP contribution in [0, 0.1) is 0 Å². The highest BCUT2D eigenvalue weighted by Crippen LogP contribution is 2.34. The highest BCUT2D eigenvalue weighted by atomic mass is 35.5. The Bertz CT molecular complexity index is 538. The van der Waals surface area contributed by atoms with Crippen LogP contribution in [0.1, 0.15) is 18.5 Å². The Kier molecular flexibility index (Phi) is 4.12. The molecule has 0 fully saturated rings. The number of nitrogens with two attached hydrogens (primary N) is 1. The monoisotopic (exact) mass is 281 g/mol. The van der Waals surface area contributed by atoms with Gasteiger partial charge in [0, 0.05) is 6.04 Å². The standard InChI is InChI=1S/C14H13Cl2NO/c1-9(17)10-5-7-11(8-6-10)18-13-4-2-3-12(15)14(13)16/h2-9H,17H2,1H3/t9-/m0/s1. The molecule has 4 heteroatoms. The first-order chi connectivity index (χ1) is 8.58. The minimum atomic E-state index is 0.00816. The average Bonchev–Trinajstić information content (AvgIpc) is 2.36. The molecule has 2 aromatic rings. The molecule has 2 N–H and O–H groups in total. The summed E-state index contributed by atoms with van der Waals surface area (Å²) in [5, 5.41) is 0.886. The van der Waals surface area contributed by atoms with Gasteiger partial charge >= 0.3 is 0 Å². The van der Waals surface area contributed by atoms with E-state index in [-0.39, 0.29) is 6.04 Å². The SMILES string of the molecule is C[C@H](N)c1ccc(Oc2cccc(Cl)c2Cl)cc1. The quantitative estimate of drug-likeness (QED) is 0.877. The lowest BCUT2D eigenvalue weighted by molar-refractivity contribution is 0.482. The van der Waals surface area contributed by atoms with Crippen molar-refractivity contribution >= 4 is 23.2 Å². The number of rotatable bonds is 3. The summed E-state index contributed by atoms with van der Waals surface area (Å²) in [6, 6.07) is 12.9. The third-order valence-corrected chi connectivity index (χ3v) is 3.35. The van der Waals surface area contributed by atoms with Crippen molar-refractivity contribution in [3.05, 3.63) is 58.1 Å². The van der Waals surface area contributed by atoms with Crippen LogP contribution in [0.4, 0.5) is 0 Å². The minimum absolute atomic E-state index is 0.00816. The van der Waals surface area contributed by atoms with Crippen LogP contribution in [0.2, 0.25) is 10.0 Å². The lowest BCUT2D eigenvalue weighted by atomic mass is 10.1. The van der Waals surface area contributed by atoms with E-state index in [2.05, 4.69) is 0 Å². The van der Waals surface area contributed by atoms with Gasteiger partial charge in [-0.3, -0.25) is 0 Å². The van der Waals surface area contributed by atoms with Gasteiger partial charge in [0.2, 0.25) is 0 Å². The molecule has 0 aliphatic carbocycles. The molecule has 0 saturated carbocycles. The van der Waals surface area contributed by atoms with Gasteiger partial charge in [0.25, 0.3) is 0 Å². The predicted molar refractivity (Wildman–Crippen MR) is 75.6 cm³/mol. The molecule has 0 bridgehead atoms. The fourth-order valence-electron chi connectivity index (χ4n) is 1.53. The molecule has 94 valence electrons. The summed E-state index contributed by atoms with van der Waals surface area (Å²) in [6.45, 7) is 1.93. The van der Waals surface area contributed by atoms with Crippen LogP contribution in [0.3, 0.4) is 0 Å². The summed E-state index contributed by atoms with van der Waals surface area (Å²) in [5.41, 5.74) is 6.84. The summed E-state index contributed by atoms with van der Waals surface area (Å²) in [5.74, 6) is 1.24. The normalized spacial score (nSPS) is 12.2.